The van der Waals surface area contributed by atoms with E-state index in [1.807, 2.05) is 0 Å². The van der Waals surface area contributed by atoms with E-state index >= 15 is 0 Å². The Hall–Kier alpha value is -1.42. The third kappa shape index (κ3) is 1.84. The lowest BCUT2D eigenvalue weighted by atomic mass is 10.1. The van der Waals surface area contributed by atoms with Crippen molar-refractivity contribution in [2.24, 2.45) is 5.73 Å². The van der Waals surface area contributed by atoms with Crippen LogP contribution in [0.5, 0.6) is 5.75 Å². The maximum Gasteiger partial charge on any atom is 0.176 e. The lowest BCUT2D eigenvalue weighted by Gasteiger charge is -2.03. The minimum Gasteiger partial charge on any atom is -0.505 e. The molecule has 3 N–H and O–H groups in total. The molecule has 70 valence electrons. The Labute approximate surface area is 75.0 Å². The van der Waals surface area contributed by atoms with Crippen molar-refractivity contribution in [3.63, 3.8) is 0 Å². The Kier molecular flexibility index (Phi) is 2.63. The zero-order chi connectivity index (χ0) is 10.0. The summed E-state index contributed by atoms with van der Waals surface area (Å²) in [5.74, 6) is -1.54. The highest BCUT2D eigenvalue weighted by molar-refractivity contribution is 5.98. The molecule has 0 saturated heterocycles. The normalized spacial score (nSPS) is 10.1. The van der Waals surface area contributed by atoms with E-state index in [0.29, 0.717) is 0 Å². The van der Waals surface area contributed by atoms with Crippen LogP contribution in [0.1, 0.15) is 15.9 Å². The average molecular weight is 183 g/mol. The number of Topliss-reactive ketones (excluding diaryl/α,β-unsaturated/α-hetero) is 1. The Morgan fingerprint density at radius 1 is 1.62 bits per heavy atom. The summed E-state index contributed by atoms with van der Waals surface area (Å²) in [5.41, 5.74) is 5.59. The molecule has 0 atom stereocenters. The molecule has 0 bridgehead atoms. The van der Waals surface area contributed by atoms with Gasteiger partial charge in [0.1, 0.15) is 0 Å². The molecule has 4 heteroatoms. The van der Waals surface area contributed by atoms with E-state index in [1.54, 1.807) is 0 Å². The van der Waals surface area contributed by atoms with Crippen molar-refractivity contribution in [3.8, 4) is 5.75 Å². The summed E-state index contributed by atoms with van der Waals surface area (Å²) >= 11 is 0. The first-order valence-electron chi connectivity index (χ1n) is 3.78. The van der Waals surface area contributed by atoms with Crippen LogP contribution in [0, 0.1) is 12.7 Å². The number of aromatic hydroxyl groups is 1. The van der Waals surface area contributed by atoms with E-state index in [0.717, 1.165) is 6.07 Å². The number of ketones is 1. The second-order valence-electron chi connectivity index (χ2n) is 2.75. The Morgan fingerprint density at radius 3 is 2.69 bits per heavy atom. The van der Waals surface area contributed by atoms with Gasteiger partial charge in [-0.25, -0.2) is 4.39 Å². The lowest BCUT2D eigenvalue weighted by Crippen LogP contribution is -2.13. The molecule has 3 nitrogen and oxygen atoms in total. The quantitative estimate of drug-likeness (QED) is 0.672. The van der Waals surface area contributed by atoms with Crippen LogP contribution < -0.4 is 5.73 Å². The van der Waals surface area contributed by atoms with Gasteiger partial charge in [-0.3, -0.25) is 4.79 Å². The van der Waals surface area contributed by atoms with Crippen molar-refractivity contribution >= 4 is 5.78 Å². The highest BCUT2D eigenvalue weighted by atomic mass is 19.1. The third-order valence-corrected chi connectivity index (χ3v) is 1.74. The van der Waals surface area contributed by atoms with E-state index in [2.05, 4.69) is 0 Å². The molecule has 0 amide bonds. The monoisotopic (exact) mass is 183 g/mol. The van der Waals surface area contributed by atoms with Crippen LogP contribution in [0.4, 0.5) is 4.39 Å². The number of benzene rings is 1. The number of carbonyl (C=O) groups is 1. The number of aryl methyl sites for hydroxylation is 1. The van der Waals surface area contributed by atoms with Gasteiger partial charge < -0.3 is 10.8 Å². The number of hydrogen-bond donors (Lipinski definition) is 2. The molecule has 0 aliphatic rings. The summed E-state index contributed by atoms with van der Waals surface area (Å²) in [6, 6.07) is 2.45. The first kappa shape index (κ1) is 9.67. The van der Waals surface area contributed by atoms with Crippen molar-refractivity contribution in [1.29, 1.82) is 0 Å². The van der Waals surface area contributed by atoms with Crippen LogP contribution in [0.15, 0.2) is 12.1 Å². The van der Waals surface area contributed by atoms with E-state index in [4.69, 9.17) is 10.8 Å². The first-order chi connectivity index (χ1) is 6.06. The molecule has 0 heterocycles. The van der Waals surface area contributed by atoms with E-state index < -0.39 is 11.6 Å². The fourth-order valence-electron chi connectivity index (χ4n) is 1.03. The van der Waals surface area contributed by atoms with Crippen molar-refractivity contribution < 1.29 is 14.3 Å². The maximum absolute atomic E-state index is 12.9. The summed E-state index contributed by atoms with van der Waals surface area (Å²) in [7, 11) is 0. The van der Waals surface area contributed by atoms with Crippen LogP contribution in [-0.2, 0) is 0 Å². The molecule has 1 rings (SSSR count). The van der Waals surface area contributed by atoms with Crippen molar-refractivity contribution in [2.75, 3.05) is 6.54 Å². The number of phenolic OH excluding ortho intramolecular Hbond substituents is 1. The molecular weight excluding hydrogens is 173 g/mol. The zero-order valence-electron chi connectivity index (χ0n) is 7.17. The van der Waals surface area contributed by atoms with Gasteiger partial charge in [-0.05, 0) is 24.6 Å². The fraction of sp³-hybridized carbons (Fsp3) is 0.222. The highest BCUT2D eigenvalue weighted by Gasteiger charge is 2.10. The molecule has 0 unspecified atom stereocenters. The predicted molar refractivity (Wildman–Crippen MR) is 46.2 cm³/mol. The van der Waals surface area contributed by atoms with Crippen molar-refractivity contribution in [2.45, 2.75) is 6.92 Å². The molecule has 1 aromatic rings. The molecule has 0 saturated carbocycles. The van der Waals surface area contributed by atoms with Gasteiger partial charge >= 0.3 is 0 Å². The van der Waals surface area contributed by atoms with Crippen LogP contribution in [0.2, 0.25) is 0 Å². The van der Waals surface area contributed by atoms with Gasteiger partial charge in [0.2, 0.25) is 0 Å². The van der Waals surface area contributed by atoms with Crippen LogP contribution in [0.25, 0.3) is 0 Å². The predicted octanol–water partition coefficient (Wildman–Crippen LogP) is 0.981. The number of phenols is 1. The van der Waals surface area contributed by atoms with Gasteiger partial charge in [0, 0.05) is 5.56 Å². The summed E-state index contributed by atoms with van der Waals surface area (Å²) in [5, 5.41) is 9.06. The van der Waals surface area contributed by atoms with Crippen LogP contribution >= 0.6 is 0 Å². The number of rotatable bonds is 2. The highest BCUT2D eigenvalue weighted by Crippen LogP contribution is 2.21. The molecule has 1 aromatic carbocycles. The van der Waals surface area contributed by atoms with Crippen LogP contribution in [-0.4, -0.2) is 17.4 Å². The number of halogens is 1. The van der Waals surface area contributed by atoms with Gasteiger partial charge in [0.05, 0.1) is 6.54 Å². The summed E-state index contributed by atoms with van der Waals surface area (Å²) < 4.78 is 12.9. The standard InChI is InChI=1S/C9H10FNO2/c1-5-2-6(8(13)4-11)3-7(12)9(5)10/h2-3,12H,4,11H2,1H3. The molecule has 0 radical (unpaired) electrons. The minimum atomic E-state index is -0.700. The Bertz CT molecular complexity index is 326. The lowest BCUT2D eigenvalue weighted by molar-refractivity contribution is 0.100. The van der Waals surface area contributed by atoms with E-state index in [9.17, 15) is 9.18 Å². The first-order valence-corrected chi connectivity index (χ1v) is 3.78. The van der Waals surface area contributed by atoms with Gasteiger partial charge in [0.15, 0.2) is 17.3 Å². The smallest absolute Gasteiger partial charge is 0.176 e. The number of hydrogen-bond acceptors (Lipinski definition) is 3. The molecule has 0 spiro atoms. The minimum absolute atomic E-state index is 0.148. The SMILES string of the molecule is Cc1cc(C(=O)CN)cc(O)c1F. The summed E-state index contributed by atoms with van der Waals surface area (Å²) in [6.45, 7) is 1.33. The molecule has 0 aliphatic heterocycles. The zero-order valence-corrected chi connectivity index (χ0v) is 7.17. The fourth-order valence-corrected chi connectivity index (χ4v) is 1.03. The van der Waals surface area contributed by atoms with E-state index in [1.165, 1.54) is 13.0 Å². The Balaban J connectivity index is 3.20. The van der Waals surface area contributed by atoms with Gasteiger partial charge in [0.25, 0.3) is 0 Å². The molecular formula is C9H10FNO2. The summed E-state index contributed by atoms with van der Waals surface area (Å²) in [4.78, 5) is 11.1. The molecule has 0 aromatic heterocycles. The maximum atomic E-state index is 12.9. The van der Waals surface area contributed by atoms with E-state index in [-0.39, 0.29) is 23.5 Å². The summed E-state index contributed by atoms with van der Waals surface area (Å²) in [6.07, 6.45) is 0. The second-order valence-corrected chi connectivity index (χ2v) is 2.75. The number of carbonyl (C=O) groups excluding carboxylic acids is 1. The topological polar surface area (TPSA) is 63.3 Å². The molecule has 13 heavy (non-hydrogen) atoms. The molecule has 0 fully saturated rings. The second kappa shape index (κ2) is 3.53. The number of nitrogens with two attached hydrogens (primary N) is 1. The Morgan fingerprint density at radius 2 is 2.23 bits per heavy atom. The average Bonchev–Trinajstić information content (AvgIpc) is 2.12. The van der Waals surface area contributed by atoms with Gasteiger partial charge in [-0.1, -0.05) is 0 Å². The van der Waals surface area contributed by atoms with Crippen molar-refractivity contribution in [3.05, 3.63) is 29.1 Å². The van der Waals surface area contributed by atoms with Crippen molar-refractivity contribution in [1.82, 2.24) is 0 Å². The van der Waals surface area contributed by atoms with Gasteiger partial charge in [-0.2, -0.15) is 0 Å². The third-order valence-electron chi connectivity index (χ3n) is 1.74. The molecule has 0 aliphatic carbocycles. The largest absolute Gasteiger partial charge is 0.505 e. The van der Waals surface area contributed by atoms with Crippen LogP contribution in [0.3, 0.4) is 0 Å². The van der Waals surface area contributed by atoms with Gasteiger partial charge in [-0.15, -0.1) is 0 Å².